The zero-order chi connectivity index (χ0) is 20.0. The SMILES string of the molecule is Cc1ccc(O)c(C)c1-n1c(N)c(C(N)=O)c2cc(C3CCOCC3)cnc21. The van der Waals surface area contributed by atoms with E-state index in [1.807, 2.05) is 32.2 Å². The molecule has 4 rings (SSSR count). The maximum absolute atomic E-state index is 12.2. The zero-order valence-corrected chi connectivity index (χ0v) is 16.0. The Kier molecular flexibility index (Phi) is 4.47. The summed E-state index contributed by atoms with van der Waals surface area (Å²) in [5.41, 5.74) is 16.2. The van der Waals surface area contributed by atoms with E-state index in [4.69, 9.17) is 16.2 Å². The van der Waals surface area contributed by atoms with Gasteiger partial charge >= 0.3 is 0 Å². The van der Waals surface area contributed by atoms with Gasteiger partial charge in [-0.3, -0.25) is 9.36 Å². The molecule has 28 heavy (non-hydrogen) atoms. The monoisotopic (exact) mass is 380 g/mol. The van der Waals surface area contributed by atoms with E-state index < -0.39 is 5.91 Å². The summed E-state index contributed by atoms with van der Waals surface area (Å²) in [6.45, 7) is 5.17. The Morgan fingerprint density at radius 1 is 1.29 bits per heavy atom. The number of hydrogen-bond acceptors (Lipinski definition) is 5. The Hall–Kier alpha value is -3.06. The number of phenols is 1. The van der Waals surface area contributed by atoms with Gasteiger partial charge in [0.05, 0.1) is 11.3 Å². The fourth-order valence-electron chi connectivity index (χ4n) is 4.11. The third kappa shape index (κ3) is 2.79. The molecule has 1 aliphatic rings. The number of nitrogens with zero attached hydrogens (tertiary/aromatic N) is 2. The van der Waals surface area contributed by atoms with Crippen molar-refractivity contribution < 1.29 is 14.6 Å². The maximum Gasteiger partial charge on any atom is 0.253 e. The minimum atomic E-state index is -0.595. The van der Waals surface area contributed by atoms with Crippen LogP contribution in [0.15, 0.2) is 24.4 Å². The molecule has 2 aromatic heterocycles. The minimum absolute atomic E-state index is 0.154. The first-order valence-electron chi connectivity index (χ1n) is 9.37. The molecule has 5 N–H and O–H groups in total. The molecule has 0 aliphatic carbocycles. The summed E-state index contributed by atoms with van der Waals surface area (Å²) in [6.07, 6.45) is 3.67. The predicted octanol–water partition coefficient (Wildman–Crippen LogP) is 2.92. The number of ether oxygens (including phenoxy) is 1. The number of aryl methyl sites for hydroxylation is 1. The van der Waals surface area contributed by atoms with Crippen LogP contribution in [0, 0.1) is 13.8 Å². The standard InChI is InChI=1S/C21H24N4O3/c1-11-3-4-16(26)12(2)18(11)25-19(22)17(20(23)27)15-9-14(10-24-21(15)25)13-5-7-28-8-6-13/h3-4,9-10,13,26H,5-8,22H2,1-2H3,(H2,23,27). The Morgan fingerprint density at radius 3 is 2.68 bits per heavy atom. The molecule has 0 saturated carbocycles. The summed E-state index contributed by atoms with van der Waals surface area (Å²) in [4.78, 5) is 16.9. The molecule has 1 aromatic carbocycles. The van der Waals surface area contributed by atoms with E-state index in [2.05, 4.69) is 4.98 Å². The van der Waals surface area contributed by atoms with Crippen LogP contribution >= 0.6 is 0 Å². The number of carbonyl (C=O) groups excluding carboxylic acids is 1. The lowest BCUT2D eigenvalue weighted by Gasteiger charge is -2.22. The number of aromatic hydroxyl groups is 1. The topological polar surface area (TPSA) is 116 Å². The second-order valence-corrected chi connectivity index (χ2v) is 7.36. The highest BCUT2D eigenvalue weighted by Crippen LogP contribution is 2.37. The summed E-state index contributed by atoms with van der Waals surface area (Å²) in [5, 5.41) is 10.8. The van der Waals surface area contributed by atoms with Crippen LogP contribution in [0.2, 0.25) is 0 Å². The van der Waals surface area contributed by atoms with Crippen molar-refractivity contribution in [3.8, 4) is 11.4 Å². The van der Waals surface area contributed by atoms with E-state index in [9.17, 15) is 9.90 Å². The number of carbonyl (C=O) groups is 1. The largest absolute Gasteiger partial charge is 0.508 e. The van der Waals surface area contributed by atoms with Crippen LogP contribution in [0.4, 0.5) is 5.82 Å². The Labute approximate surface area is 162 Å². The number of nitrogen functional groups attached to an aromatic ring is 1. The first-order valence-corrected chi connectivity index (χ1v) is 9.37. The molecule has 7 nitrogen and oxygen atoms in total. The lowest BCUT2D eigenvalue weighted by molar-refractivity contribution is 0.0853. The number of rotatable bonds is 3. The molecular formula is C21H24N4O3. The van der Waals surface area contributed by atoms with Crippen molar-refractivity contribution in [1.29, 1.82) is 0 Å². The molecule has 1 aliphatic heterocycles. The van der Waals surface area contributed by atoms with Crippen LogP contribution in [0.1, 0.15) is 45.8 Å². The average molecular weight is 380 g/mol. The van der Waals surface area contributed by atoms with E-state index in [-0.39, 0.29) is 17.1 Å². The minimum Gasteiger partial charge on any atom is -0.508 e. The van der Waals surface area contributed by atoms with E-state index in [0.29, 0.717) is 28.2 Å². The third-order valence-corrected chi connectivity index (χ3v) is 5.63. The van der Waals surface area contributed by atoms with Crippen LogP contribution in [-0.4, -0.2) is 33.8 Å². The van der Waals surface area contributed by atoms with Gasteiger partial charge in [0.25, 0.3) is 5.91 Å². The predicted molar refractivity (Wildman–Crippen MR) is 108 cm³/mol. The van der Waals surface area contributed by atoms with E-state index in [0.717, 1.165) is 37.2 Å². The summed E-state index contributed by atoms with van der Waals surface area (Å²) in [5.74, 6) is 0.125. The molecule has 7 heteroatoms. The van der Waals surface area contributed by atoms with Crippen molar-refractivity contribution in [1.82, 2.24) is 9.55 Å². The molecule has 0 spiro atoms. The fraction of sp³-hybridized carbons (Fsp3) is 0.333. The van der Waals surface area contributed by atoms with Gasteiger partial charge in [-0.05, 0) is 55.9 Å². The highest BCUT2D eigenvalue weighted by molar-refractivity contribution is 6.11. The first kappa shape index (κ1) is 18.3. The van der Waals surface area contributed by atoms with Crippen molar-refractivity contribution in [2.24, 2.45) is 5.73 Å². The lowest BCUT2D eigenvalue weighted by atomic mass is 9.92. The van der Waals surface area contributed by atoms with Crippen molar-refractivity contribution >= 4 is 22.8 Å². The van der Waals surface area contributed by atoms with E-state index in [1.54, 1.807) is 10.6 Å². The van der Waals surface area contributed by atoms with Crippen LogP contribution in [-0.2, 0) is 4.74 Å². The number of hydrogen-bond donors (Lipinski definition) is 3. The highest BCUT2D eigenvalue weighted by atomic mass is 16.5. The maximum atomic E-state index is 12.2. The lowest BCUT2D eigenvalue weighted by Crippen LogP contribution is -2.15. The van der Waals surface area contributed by atoms with Crippen LogP contribution in [0.5, 0.6) is 5.75 Å². The molecule has 1 saturated heterocycles. The second-order valence-electron chi connectivity index (χ2n) is 7.36. The van der Waals surface area contributed by atoms with Crippen LogP contribution < -0.4 is 11.5 Å². The van der Waals surface area contributed by atoms with Gasteiger partial charge in [0.1, 0.15) is 17.2 Å². The number of anilines is 1. The number of pyridine rings is 1. The van der Waals surface area contributed by atoms with Crippen molar-refractivity contribution in [2.45, 2.75) is 32.6 Å². The van der Waals surface area contributed by atoms with Gasteiger partial charge in [-0.15, -0.1) is 0 Å². The number of aromatic nitrogens is 2. The van der Waals surface area contributed by atoms with Crippen LogP contribution in [0.25, 0.3) is 16.7 Å². The molecular weight excluding hydrogens is 356 g/mol. The van der Waals surface area contributed by atoms with E-state index >= 15 is 0 Å². The van der Waals surface area contributed by atoms with Gasteiger partial charge in [0.15, 0.2) is 0 Å². The molecule has 3 heterocycles. The van der Waals surface area contributed by atoms with E-state index in [1.165, 1.54) is 0 Å². The Morgan fingerprint density at radius 2 is 2.00 bits per heavy atom. The first-order chi connectivity index (χ1) is 13.4. The highest BCUT2D eigenvalue weighted by Gasteiger charge is 2.25. The number of amides is 1. The van der Waals surface area contributed by atoms with Crippen molar-refractivity contribution in [3.05, 3.63) is 46.6 Å². The number of benzene rings is 1. The molecule has 1 amide bonds. The van der Waals surface area contributed by atoms with Gasteiger partial charge in [-0.25, -0.2) is 4.98 Å². The summed E-state index contributed by atoms with van der Waals surface area (Å²) in [7, 11) is 0. The van der Waals surface area contributed by atoms with Gasteiger partial charge in [-0.1, -0.05) is 6.07 Å². The summed E-state index contributed by atoms with van der Waals surface area (Å²) < 4.78 is 7.16. The molecule has 0 bridgehead atoms. The number of primary amides is 1. The zero-order valence-electron chi connectivity index (χ0n) is 16.0. The molecule has 0 unspecified atom stereocenters. The van der Waals surface area contributed by atoms with Crippen molar-refractivity contribution in [2.75, 3.05) is 18.9 Å². The Balaban J connectivity index is 2.00. The average Bonchev–Trinajstić information content (AvgIpc) is 2.97. The van der Waals surface area contributed by atoms with Gasteiger partial charge < -0.3 is 21.3 Å². The van der Waals surface area contributed by atoms with Gasteiger partial charge in [0.2, 0.25) is 0 Å². The smallest absolute Gasteiger partial charge is 0.253 e. The van der Waals surface area contributed by atoms with Gasteiger partial charge in [-0.2, -0.15) is 0 Å². The quantitative estimate of drug-likeness (QED) is 0.646. The van der Waals surface area contributed by atoms with Crippen LogP contribution in [0.3, 0.4) is 0 Å². The fourth-order valence-corrected chi connectivity index (χ4v) is 4.11. The number of nitrogens with two attached hydrogens (primary N) is 2. The summed E-state index contributed by atoms with van der Waals surface area (Å²) >= 11 is 0. The summed E-state index contributed by atoms with van der Waals surface area (Å²) in [6, 6.07) is 5.42. The number of fused-ring (bicyclic) bond motifs is 1. The molecule has 146 valence electrons. The molecule has 0 radical (unpaired) electrons. The van der Waals surface area contributed by atoms with Crippen molar-refractivity contribution in [3.63, 3.8) is 0 Å². The third-order valence-electron chi connectivity index (χ3n) is 5.63. The molecule has 0 atom stereocenters. The molecule has 1 fully saturated rings. The molecule has 3 aromatic rings. The second kappa shape index (κ2) is 6.83. The Bertz CT molecular complexity index is 1080. The normalized spacial score (nSPS) is 15.2. The number of phenolic OH excluding ortho intramolecular Hbond substituents is 1. The van der Waals surface area contributed by atoms with Gasteiger partial charge in [0, 0.05) is 30.4 Å².